The largest absolute Gasteiger partial charge is 0.466 e. The lowest BCUT2D eigenvalue weighted by Gasteiger charge is -2.20. The Morgan fingerprint density at radius 1 is 0.322 bits per heavy atom. The summed E-state index contributed by atoms with van der Waals surface area (Å²) >= 11 is 0. The van der Waals surface area contributed by atoms with E-state index in [9.17, 15) is 19.8 Å². The molecule has 0 aromatic rings. The number of aliphatic hydroxyl groups excluding tert-OH is 2. The fraction of sp³-hybridized carbons (Fsp3) is 0.852. The second-order valence-electron chi connectivity index (χ2n) is 26.7. The molecule has 1 amide bonds. The molecule has 0 aromatic heterocycles. The number of unbranched alkanes of at least 4 members (excludes halogenated alkanes) is 54. The molecule has 0 rings (SSSR count). The second-order valence-corrected chi connectivity index (χ2v) is 26.7. The lowest BCUT2D eigenvalue weighted by Crippen LogP contribution is -2.45. The number of hydrogen-bond donors (Lipinski definition) is 3. The van der Waals surface area contributed by atoms with Crippen LogP contribution < -0.4 is 5.32 Å². The van der Waals surface area contributed by atoms with Crippen LogP contribution in [0.15, 0.2) is 60.8 Å². The van der Waals surface area contributed by atoms with Crippen LogP contribution in [0.2, 0.25) is 0 Å². The third kappa shape index (κ3) is 72.5. The number of amides is 1. The van der Waals surface area contributed by atoms with Gasteiger partial charge in [0.1, 0.15) is 0 Å². The molecule has 6 heteroatoms. The Labute approximate surface area is 543 Å². The number of esters is 1. The number of carbonyl (C=O) groups is 2. The van der Waals surface area contributed by atoms with Gasteiger partial charge in [0, 0.05) is 12.8 Å². The number of ether oxygens (including phenoxy) is 1. The molecule has 0 saturated carbocycles. The van der Waals surface area contributed by atoms with Gasteiger partial charge in [0.25, 0.3) is 0 Å². The van der Waals surface area contributed by atoms with Crippen molar-refractivity contribution in [1.29, 1.82) is 0 Å². The quantitative estimate of drug-likeness (QED) is 0.0320. The average Bonchev–Trinajstić information content (AvgIpc) is 3.54. The molecule has 0 aliphatic heterocycles. The van der Waals surface area contributed by atoms with Gasteiger partial charge < -0.3 is 20.3 Å². The van der Waals surface area contributed by atoms with Crippen LogP contribution in [0, 0.1) is 0 Å². The maximum atomic E-state index is 12.5. The summed E-state index contributed by atoms with van der Waals surface area (Å²) in [7, 11) is 0. The molecule has 510 valence electrons. The zero-order chi connectivity index (χ0) is 62.8. The Morgan fingerprint density at radius 2 is 0.575 bits per heavy atom. The van der Waals surface area contributed by atoms with Crippen molar-refractivity contribution in [1.82, 2.24) is 5.32 Å². The highest BCUT2D eigenvalue weighted by atomic mass is 16.5. The van der Waals surface area contributed by atoms with Crippen molar-refractivity contribution in [3.63, 3.8) is 0 Å². The van der Waals surface area contributed by atoms with Gasteiger partial charge in [0.05, 0.1) is 25.4 Å². The number of hydrogen-bond acceptors (Lipinski definition) is 5. The fourth-order valence-electron chi connectivity index (χ4n) is 12.1. The van der Waals surface area contributed by atoms with Gasteiger partial charge in [0.15, 0.2) is 0 Å². The van der Waals surface area contributed by atoms with Crippen molar-refractivity contribution in [3.8, 4) is 0 Å². The average molecular weight is 1220 g/mol. The summed E-state index contributed by atoms with van der Waals surface area (Å²) in [5.41, 5.74) is 0. The lowest BCUT2D eigenvalue weighted by molar-refractivity contribution is -0.143. The summed E-state index contributed by atoms with van der Waals surface area (Å²) in [6.45, 7) is 4.90. The van der Waals surface area contributed by atoms with Gasteiger partial charge in [-0.2, -0.15) is 0 Å². The molecule has 0 radical (unpaired) electrons. The molecular formula is C81H151NO5. The zero-order valence-corrected chi connectivity index (χ0v) is 58.5. The van der Waals surface area contributed by atoms with Crippen molar-refractivity contribution in [3.05, 3.63) is 60.8 Å². The lowest BCUT2D eigenvalue weighted by atomic mass is 10.0. The van der Waals surface area contributed by atoms with Crippen LogP contribution in [0.4, 0.5) is 0 Å². The first-order chi connectivity index (χ1) is 43.0. The molecule has 87 heavy (non-hydrogen) atoms. The predicted octanol–water partition coefficient (Wildman–Crippen LogP) is 25.8. The first-order valence-corrected chi connectivity index (χ1v) is 39.1. The highest BCUT2D eigenvalue weighted by Crippen LogP contribution is 2.19. The van der Waals surface area contributed by atoms with E-state index < -0.39 is 12.1 Å². The molecule has 2 atom stereocenters. The van der Waals surface area contributed by atoms with E-state index >= 15 is 0 Å². The molecule has 3 N–H and O–H groups in total. The molecule has 0 bridgehead atoms. The van der Waals surface area contributed by atoms with Gasteiger partial charge >= 0.3 is 5.97 Å². The second kappa shape index (κ2) is 76.0. The highest BCUT2D eigenvalue weighted by Gasteiger charge is 2.18. The Hall–Kier alpha value is -2.44. The van der Waals surface area contributed by atoms with E-state index in [-0.39, 0.29) is 18.5 Å². The van der Waals surface area contributed by atoms with Gasteiger partial charge in [-0.25, -0.2) is 0 Å². The van der Waals surface area contributed by atoms with Crippen LogP contribution in [-0.2, 0) is 14.3 Å². The third-order valence-electron chi connectivity index (χ3n) is 18.0. The first-order valence-electron chi connectivity index (χ1n) is 39.1. The maximum Gasteiger partial charge on any atom is 0.305 e. The summed E-state index contributed by atoms with van der Waals surface area (Å²) in [6, 6.07) is -0.625. The van der Waals surface area contributed by atoms with Crippen molar-refractivity contribution < 1.29 is 24.5 Å². The van der Waals surface area contributed by atoms with Gasteiger partial charge in [-0.05, 0) is 96.3 Å². The summed E-state index contributed by atoms with van der Waals surface area (Å²) < 4.78 is 5.51. The fourth-order valence-corrected chi connectivity index (χ4v) is 12.1. The van der Waals surface area contributed by atoms with Crippen LogP contribution >= 0.6 is 0 Å². The van der Waals surface area contributed by atoms with E-state index in [1.807, 2.05) is 6.08 Å². The minimum absolute atomic E-state index is 0.0165. The molecule has 2 unspecified atom stereocenters. The van der Waals surface area contributed by atoms with Crippen molar-refractivity contribution in [2.24, 2.45) is 0 Å². The van der Waals surface area contributed by atoms with E-state index in [2.05, 4.69) is 67.8 Å². The summed E-state index contributed by atoms with van der Waals surface area (Å²) in [5, 5.41) is 23.1. The number of rotatable bonds is 73. The number of nitrogens with one attached hydrogen (secondary N) is 1. The van der Waals surface area contributed by atoms with Crippen molar-refractivity contribution in [2.45, 2.75) is 431 Å². The van der Waals surface area contributed by atoms with Crippen LogP contribution in [0.3, 0.4) is 0 Å². The van der Waals surface area contributed by atoms with Gasteiger partial charge in [-0.15, -0.1) is 0 Å². The SMILES string of the molecule is CCCCC/C=C\C/C=C\CCCCCCCCCCCC(=O)OCCCCCCCCCCCCCCCCC/C=C\C/C=C\CCCCCCCCCCCCCCCCCCCC(=O)NC(CO)C(O)/C=C/CCCCCCCCCCCC. The first kappa shape index (κ1) is 84.6. The Balaban J connectivity index is 3.34. The summed E-state index contributed by atoms with van der Waals surface area (Å²) in [5.74, 6) is -0.0479. The predicted molar refractivity (Wildman–Crippen MR) is 384 cm³/mol. The highest BCUT2D eigenvalue weighted by molar-refractivity contribution is 5.76. The van der Waals surface area contributed by atoms with Crippen LogP contribution in [-0.4, -0.2) is 47.4 Å². The molecule has 0 spiro atoms. The number of aliphatic hydroxyl groups is 2. The smallest absolute Gasteiger partial charge is 0.305 e. The van der Waals surface area contributed by atoms with Crippen LogP contribution in [0.25, 0.3) is 0 Å². The molecule has 0 aromatic carbocycles. The van der Waals surface area contributed by atoms with Gasteiger partial charge in [-0.3, -0.25) is 9.59 Å². The molecule has 0 aliphatic carbocycles. The number of carbonyl (C=O) groups excluding carboxylic acids is 2. The van der Waals surface area contributed by atoms with Gasteiger partial charge in [0.2, 0.25) is 5.91 Å². The zero-order valence-electron chi connectivity index (χ0n) is 58.5. The molecular weight excluding hydrogens is 1070 g/mol. The molecule has 0 saturated heterocycles. The molecule has 0 heterocycles. The summed E-state index contributed by atoms with van der Waals surface area (Å²) in [6.07, 6.45) is 102. The molecule has 0 fully saturated rings. The standard InChI is InChI=1S/C81H151NO5/c1-3-5-7-9-11-13-15-17-18-19-41-45-48-51-55-59-63-67-71-75-81(86)87-76-72-68-64-60-56-52-49-46-43-40-38-36-34-32-30-28-26-24-22-20-21-23-25-27-29-31-33-35-37-39-42-44-47-50-54-58-62-66-70-74-80(85)82-78(77-83)79(84)73-69-65-61-57-53-16-14-12-10-8-6-4-2/h11,13,17-18,20-21,24,26,69,73,78-79,83-84H,3-10,12,14-16,19,22-23,25,27-68,70-72,74-77H2,1-2H3,(H,82,85)/b13-11-,18-17-,21-20-,26-24-,73-69+. The Bertz CT molecular complexity index is 1500. The van der Waals surface area contributed by atoms with Crippen LogP contribution in [0.5, 0.6) is 0 Å². The third-order valence-corrected chi connectivity index (χ3v) is 18.0. The van der Waals surface area contributed by atoms with E-state index in [4.69, 9.17) is 4.74 Å². The topological polar surface area (TPSA) is 95.9 Å². The van der Waals surface area contributed by atoms with E-state index in [0.717, 1.165) is 57.8 Å². The van der Waals surface area contributed by atoms with E-state index in [0.29, 0.717) is 19.4 Å². The summed E-state index contributed by atoms with van der Waals surface area (Å²) in [4.78, 5) is 24.6. The maximum absolute atomic E-state index is 12.5. The monoisotopic (exact) mass is 1220 g/mol. The Kier molecular flexibility index (Phi) is 73.9. The van der Waals surface area contributed by atoms with Crippen molar-refractivity contribution in [2.75, 3.05) is 13.2 Å². The van der Waals surface area contributed by atoms with E-state index in [1.54, 1.807) is 6.08 Å². The normalized spacial score (nSPS) is 12.8. The van der Waals surface area contributed by atoms with E-state index in [1.165, 1.54) is 334 Å². The minimum Gasteiger partial charge on any atom is -0.466 e. The number of allylic oxidation sites excluding steroid dienone is 9. The Morgan fingerprint density at radius 3 is 0.897 bits per heavy atom. The van der Waals surface area contributed by atoms with Gasteiger partial charge in [-0.1, -0.05) is 370 Å². The van der Waals surface area contributed by atoms with Crippen molar-refractivity contribution >= 4 is 11.9 Å². The van der Waals surface area contributed by atoms with Crippen LogP contribution in [0.1, 0.15) is 418 Å². The molecule has 0 aliphatic rings. The minimum atomic E-state index is -0.842. The molecule has 6 nitrogen and oxygen atoms in total.